The van der Waals surface area contributed by atoms with Gasteiger partial charge in [-0.3, -0.25) is 9.59 Å². The number of amides is 1. The first-order valence-corrected chi connectivity index (χ1v) is 7.27. The summed E-state index contributed by atoms with van der Waals surface area (Å²) < 4.78 is 37.4. The Labute approximate surface area is 134 Å². The molecule has 0 bridgehead atoms. The number of alkyl halides is 3. The van der Waals surface area contributed by atoms with Crippen LogP contribution in [0.3, 0.4) is 0 Å². The van der Waals surface area contributed by atoms with Crippen molar-refractivity contribution in [1.82, 2.24) is 4.90 Å². The molecular weight excluding hydrogens is 367 g/mol. The number of carbonyl (C=O) groups excluding carboxylic acids is 1. The zero-order chi connectivity index (χ0) is 16.8. The summed E-state index contributed by atoms with van der Waals surface area (Å²) >= 11 is 3.26. The van der Waals surface area contributed by atoms with Crippen LogP contribution in [0, 0.1) is 0 Å². The van der Waals surface area contributed by atoms with E-state index in [9.17, 15) is 22.8 Å². The largest absolute Gasteiger partial charge is 0.481 e. The molecule has 0 aliphatic rings. The van der Waals surface area contributed by atoms with Crippen LogP contribution in [0.25, 0.3) is 0 Å². The number of carbonyl (C=O) groups is 2. The number of hydrogen-bond acceptors (Lipinski definition) is 2. The smallest absolute Gasteiger partial charge is 0.389 e. The highest BCUT2D eigenvalue weighted by molar-refractivity contribution is 9.10. The Balaban J connectivity index is 2.74. The molecule has 0 aliphatic carbocycles. The molecule has 22 heavy (non-hydrogen) atoms. The molecule has 0 aliphatic heterocycles. The Morgan fingerprint density at radius 3 is 2.45 bits per heavy atom. The second-order valence-electron chi connectivity index (χ2n) is 4.70. The fourth-order valence-corrected chi connectivity index (χ4v) is 2.23. The van der Waals surface area contributed by atoms with Crippen LogP contribution in [0.5, 0.6) is 0 Å². The third-order valence-corrected chi connectivity index (χ3v) is 3.33. The normalized spacial score (nSPS) is 11.3. The highest BCUT2D eigenvalue weighted by atomic mass is 79.9. The van der Waals surface area contributed by atoms with Crippen molar-refractivity contribution >= 4 is 27.8 Å². The van der Waals surface area contributed by atoms with Gasteiger partial charge in [0.2, 0.25) is 5.91 Å². The Bertz CT molecular complexity index is 534. The lowest BCUT2D eigenvalue weighted by Crippen LogP contribution is -2.33. The monoisotopic (exact) mass is 381 g/mol. The van der Waals surface area contributed by atoms with Crippen LogP contribution in [0.15, 0.2) is 28.7 Å². The molecular formula is C14H15BrF3NO3. The third-order valence-electron chi connectivity index (χ3n) is 2.83. The average molecular weight is 382 g/mol. The van der Waals surface area contributed by atoms with E-state index in [1.165, 1.54) is 0 Å². The van der Waals surface area contributed by atoms with E-state index in [1.807, 2.05) is 0 Å². The molecule has 4 nitrogen and oxygen atoms in total. The Morgan fingerprint density at radius 1 is 1.23 bits per heavy atom. The zero-order valence-electron chi connectivity index (χ0n) is 11.6. The lowest BCUT2D eigenvalue weighted by Gasteiger charge is -2.22. The number of nitrogens with zero attached hydrogens (tertiary/aromatic N) is 1. The standard InChI is InChI=1S/C14H15BrF3NO3/c15-11-3-1-2-10(8-11)9-19(7-5-13(21)22)12(20)4-6-14(16,17)18/h1-3,8H,4-7,9H2,(H,21,22). The van der Waals surface area contributed by atoms with Crippen LogP contribution in [0.2, 0.25) is 0 Å². The summed E-state index contributed by atoms with van der Waals surface area (Å²) in [5.41, 5.74) is 0.708. The third kappa shape index (κ3) is 7.44. The maximum atomic E-state index is 12.2. The van der Waals surface area contributed by atoms with Crippen molar-refractivity contribution in [2.24, 2.45) is 0 Å². The van der Waals surface area contributed by atoms with Crippen molar-refractivity contribution in [1.29, 1.82) is 0 Å². The second-order valence-corrected chi connectivity index (χ2v) is 5.62. The van der Waals surface area contributed by atoms with E-state index < -0.39 is 30.9 Å². The summed E-state index contributed by atoms with van der Waals surface area (Å²) in [7, 11) is 0. The van der Waals surface area contributed by atoms with E-state index in [0.717, 1.165) is 9.37 Å². The molecule has 0 heterocycles. The van der Waals surface area contributed by atoms with Crippen LogP contribution in [-0.2, 0) is 16.1 Å². The molecule has 1 aromatic carbocycles. The van der Waals surface area contributed by atoms with Crippen LogP contribution < -0.4 is 0 Å². The summed E-state index contributed by atoms with van der Waals surface area (Å²) in [4.78, 5) is 23.7. The summed E-state index contributed by atoms with van der Waals surface area (Å²) in [6.45, 7) is -0.0536. The van der Waals surface area contributed by atoms with Crippen molar-refractivity contribution in [2.45, 2.75) is 32.0 Å². The summed E-state index contributed by atoms with van der Waals surface area (Å²) in [5.74, 6) is -1.82. The topological polar surface area (TPSA) is 57.6 Å². The minimum absolute atomic E-state index is 0.0728. The van der Waals surface area contributed by atoms with Crippen molar-refractivity contribution in [2.75, 3.05) is 6.54 Å². The van der Waals surface area contributed by atoms with Gasteiger partial charge in [-0.1, -0.05) is 28.1 Å². The first-order valence-electron chi connectivity index (χ1n) is 6.48. The fourth-order valence-electron chi connectivity index (χ4n) is 1.79. The zero-order valence-corrected chi connectivity index (χ0v) is 13.2. The van der Waals surface area contributed by atoms with Gasteiger partial charge < -0.3 is 10.0 Å². The molecule has 0 atom stereocenters. The van der Waals surface area contributed by atoms with E-state index >= 15 is 0 Å². The number of aliphatic carboxylic acids is 1. The minimum Gasteiger partial charge on any atom is -0.481 e. The molecule has 8 heteroatoms. The van der Waals surface area contributed by atoms with Crippen LogP contribution in [0.1, 0.15) is 24.8 Å². The average Bonchev–Trinajstić information content (AvgIpc) is 2.40. The molecule has 0 saturated heterocycles. The fraction of sp³-hybridized carbons (Fsp3) is 0.429. The number of halogens is 4. The lowest BCUT2D eigenvalue weighted by atomic mass is 10.2. The maximum absolute atomic E-state index is 12.2. The number of carboxylic acid groups (broad SMARTS) is 1. The molecule has 122 valence electrons. The van der Waals surface area contributed by atoms with Crippen LogP contribution in [0.4, 0.5) is 13.2 Å². The van der Waals surface area contributed by atoms with E-state index in [4.69, 9.17) is 5.11 Å². The number of carboxylic acids is 1. The van der Waals surface area contributed by atoms with Crippen molar-refractivity contribution < 1.29 is 27.9 Å². The molecule has 0 saturated carbocycles. The molecule has 0 unspecified atom stereocenters. The molecule has 0 aromatic heterocycles. The predicted molar refractivity (Wildman–Crippen MR) is 77.1 cm³/mol. The Hall–Kier alpha value is -1.57. The van der Waals surface area contributed by atoms with Gasteiger partial charge in [0.05, 0.1) is 12.8 Å². The van der Waals surface area contributed by atoms with Gasteiger partial charge in [0.1, 0.15) is 0 Å². The van der Waals surface area contributed by atoms with Gasteiger partial charge in [-0.25, -0.2) is 0 Å². The molecule has 1 N–H and O–H groups in total. The predicted octanol–water partition coefficient (Wildman–Crippen LogP) is 3.59. The van der Waals surface area contributed by atoms with Gasteiger partial charge in [-0.05, 0) is 17.7 Å². The lowest BCUT2D eigenvalue weighted by molar-refractivity contribution is -0.150. The highest BCUT2D eigenvalue weighted by Crippen LogP contribution is 2.22. The summed E-state index contributed by atoms with van der Waals surface area (Å²) in [6, 6.07) is 6.95. The van der Waals surface area contributed by atoms with Crippen molar-refractivity contribution in [3.63, 3.8) is 0 Å². The van der Waals surface area contributed by atoms with Crippen molar-refractivity contribution in [3.8, 4) is 0 Å². The van der Waals surface area contributed by atoms with Gasteiger partial charge in [-0.15, -0.1) is 0 Å². The maximum Gasteiger partial charge on any atom is 0.389 e. The van der Waals surface area contributed by atoms with E-state index in [0.29, 0.717) is 5.56 Å². The van der Waals surface area contributed by atoms with E-state index in [1.54, 1.807) is 24.3 Å². The van der Waals surface area contributed by atoms with E-state index in [2.05, 4.69) is 15.9 Å². The highest BCUT2D eigenvalue weighted by Gasteiger charge is 2.29. The molecule has 1 amide bonds. The Morgan fingerprint density at radius 2 is 1.91 bits per heavy atom. The van der Waals surface area contributed by atoms with Gasteiger partial charge in [0, 0.05) is 24.0 Å². The van der Waals surface area contributed by atoms with Crippen LogP contribution in [-0.4, -0.2) is 34.6 Å². The molecule has 1 aromatic rings. The first-order chi connectivity index (χ1) is 10.2. The Kier molecular flexibility index (Phi) is 6.86. The SMILES string of the molecule is O=C(O)CCN(Cc1cccc(Br)c1)C(=O)CCC(F)(F)F. The number of rotatable bonds is 7. The molecule has 0 radical (unpaired) electrons. The van der Waals surface area contributed by atoms with Gasteiger partial charge in [0.15, 0.2) is 0 Å². The van der Waals surface area contributed by atoms with E-state index in [-0.39, 0.29) is 19.5 Å². The molecule has 0 fully saturated rings. The van der Waals surface area contributed by atoms with Crippen LogP contribution >= 0.6 is 15.9 Å². The molecule has 1 rings (SSSR count). The van der Waals surface area contributed by atoms with Crippen molar-refractivity contribution in [3.05, 3.63) is 34.3 Å². The van der Waals surface area contributed by atoms with Gasteiger partial charge >= 0.3 is 12.1 Å². The summed E-state index contributed by atoms with van der Waals surface area (Å²) in [6.07, 6.45) is -6.62. The minimum atomic E-state index is -4.41. The molecule has 0 spiro atoms. The quantitative estimate of drug-likeness (QED) is 0.784. The first kappa shape index (κ1) is 18.5. The second kappa shape index (κ2) is 8.17. The number of hydrogen-bond donors (Lipinski definition) is 1. The number of benzene rings is 1. The van der Waals surface area contributed by atoms with Gasteiger partial charge in [-0.2, -0.15) is 13.2 Å². The van der Waals surface area contributed by atoms with Gasteiger partial charge in [0.25, 0.3) is 0 Å². The summed E-state index contributed by atoms with van der Waals surface area (Å²) in [5, 5.41) is 8.69.